The third kappa shape index (κ3) is 4.08. The second-order valence-corrected chi connectivity index (χ2v) is 4.50. The topological polar surface area (TPSA) is 59.0 Å². The van der Waals surface area contributed by atoms with E-state index in [0.717, 1.165) is 12.5 Å². The Bertz CT molecular complexity index is 202. The van der Waals surface area contributed by atoms with E-state index in [9.17, 15) is 0 Å². The molecule has 1 fully saturated rings. The van der Waals surface area contributed by atoms with Crippen LogP contribution < -0.4 is 5.73 Å². The van der Waals surface area contributed by atoms with E-state index < -0.39 is 5.54 Å². The van der Waals surface area contributed by atoms with Crippen LogP contribution in [0.25, 0.3) is 0 Å². The molecule has 0 heterocycles. The first-order valence-corrected chi connectivity index (χ1v) is 5.42. The van der Waals surface area contributed by atoms with Crippen LogP contribution in [0.3, 0.4) is 0 Å². The third-order valence-electron chi connectivity index (χ3n) is 2.85. The summed E-state index contributed by atoms with van der Waals surface area (Å²) in [5.74, 6) is 0.751. The Balaban J connectivity index is 2.02. The van der Waals surface area contributed by atoms with E-state index in [2.05, 4.69) is 6.07 Å². The Kier molecular flexibility index (Phi) is 4.37. The lowest BCUT2D eigenvalue weighted by Crippen LogP contribution is -2.35. The molecule has 14 heavy (non-hydrogen) atoms. The zero-order chi connectivity index (χ0) is 10.4. The second-order valence-electron chi connectivity index (χ2n) is 4.50. The van der Waals surface area contributed by atoms with Gasteiger partial charge < -0.3 is 10.5 Å². The summed E-state index contributed by atoms with van der Waals surface area (Å²) in [6, 6.07) is 2.07. The third-order valence-corrected chi connectivity index (χ3v) is 2.85. The molecule has 0 aliphatic heterocycles. The van der Waals surface area contributed by atoms with Crippen LogP contribution in [-0.2, 0) is 4.74 Å². The van der Waals surface area contributed by atoms with E-state index in [0.29, 0.717) is 13.0 Å². The summed E-state index contributed by atoms with van der Waals surface area (Å²) in [5, 5.41) is 8.67. The Morgan fingerprint density at radius 2 is 2.14 bits per heavy atom. The van der Waals surface area contributed by atoms with E-state index in [1.807, 2.05) is 0 Å². The molecule has 1 atom stereocenters. The normalized spacial score (nSPS) is 21.8. The van der Waals surface area contributed by atoms with E-state index in [4.69, 9.17) is 15.7 Å². The molecule has 1 aliphatic rings. The maximum atomic E-state index is 8.67. The highest BCUT2D eigenvalue weighted by molar-refractivity contribution is 5.00. The molecule has 2 N–H and O–H groups in total. The van der Waals surface area contributed by atoms with E-state index in [1.165, 1.54) is 25.7 Å². The zero-order valence-corrected chi connectivity index (χ0v) is 8.96. The highest BCUT2D eigenvalue weighted by atomic mass is 16.5. The summed E-state index contributed by atoms with van der Waals surface area (Å²) in [6.45, 7) is 3.20. The van der Waals surface area contributed by atoms with Gasteiger partial charge in [-0.3, -0.25) is 0 Å². The molecule has 0 saturated heterocycles. The van der Waals surface area contributed by atoms with Gasteiger partial charge in [-0.25, -0.2) is 0 Å². The van der Waals surface area contributed by atoms with Gasteiger partial charge in [0.1, 0.15) is 5.54 Å². The monoisotopic (exact) mass is 196 g/mol. The van der Waals surface area contributed by atoms with E-state index in [1.54, 1.807) is 6.92 Å². The van der Waals surface area contributed by atoms with Crippen molar-refractivity contribution in [3.63, 3.8) is 0 Å². The largest absolute Gasteiger partial charge is 0.381 e. The fourth-order valence-electron chi connectivity index (χ4n) is 1.77. The molecular formula is C11H20N2O. The lowest BCUT2D eigenvalue weighted by atomic mass is 10.0. The van der Waals surface area contributed by atoms with Crippen molar-refractivity contribution in [3.05, 3.63) is 0 Å². The van der Waals surface area contributed by atoms with E-state index >= 15 is 0 Å². The first-order chi connectivity index (χ1) is 6.64. The number of nitriles is 1. The first-order valence-electron chi connectivity index (χ1n) is 5.42. The van der Waals surface area contributed by atoms with Crippen LogP contribution in [0.4, 0.5) is 0 Å². The van der Waals surface area contributed by atoms with Crippen molar-refractivity contribution in [2.75, 3.05) is 13.2 Å². The zero-order valence-electron chi connectivity index (χ0n) is 8.96. The highest BCUT2D eigenvalue weighted by Gasteiger charge is 2.18. The van der Waals surface area contributed by atoms with Crippen LogP contribution in [0.15, 0.2) is 0 Å². The van der Waals surface area contributed by atoms with Crippen molar-refractivity contribution in [3.8, 4) is 6.07 Å². The van der Waals surface area contributed by atoms with Gasteiger partial charge in [0.05, 0.1) is 6.07 Å². The quantitative estimate of drug-likeness (QED) is 0.682. The Labute approximate surface area is 86.2 Å². The summed E-state index contributed by atoms with van der Waals surface area (Å²) in [6.07, 6.45) is 5.92. The molecule has 1 saturated carbocycles. The van der Waals surface area contributed by atoms with Crippen molar-refractivity contribution in [2.24, 2.45) is 11.7 Å². The molecule has 1 unspecified atom stereocenters. The molecule has 0 aromatic carbocycles. The number of ether oxygens (including phenoxy) is 1. The van der Waals surface area contributed by atoms with Crippen LogP contribution in [0.5, 0.6) is 0 Å². The Morgan fingerprint density at radius 1 is 1.50 bits per heavy atom. The van der Waals surface area contributed by atoms with Gasteiger partial charge >= 0.3 is 0 Å². The second kappa shape index (κ2) is 5.33. The minimum atomic E-state index is -0.727. The predicted molar refractivity (Wildman–Crippen MR) is 55.6 cm³/mol. The van der Waals surface area contributed by atoms with Gasteiger partial charge in [0.25, 0.3) is 0 Å². The lowest BCUT2D eigenvalue weighted by Gasteiger charge is -2.16. The van der Waals surface area contributed by atoms with Crippen LogP contribution in [0.2, 0.25) is 0 Å². The van der Waals surface area contributed by atoms with Crippen molar-refractivity contribution in [2.45, 2.75) is 44.6 Å². The number of hydrogen-bond acceptors (Lipinski definition) is 3. The Hall–Kier alpha value is -0.590. The van der Waals surface area contributed by atoms with E-state index in [-0.39, 0.29) is 0 Å². The van der Waals surface area contributed by atoms with Crippen molar-refractivity contribution < 1.29 is 4.74 Å². The fraction of sp³-hybridized carbons (Fsp3) is 0.909. The molecule has 80 valence electrons. The van der Waals surface area contributed by atoms with Crippen LogP contribution in [-0.4, -0.2) is 18.8 Å². The molecule has 0 aromatic rings. The van der Waals surface area contributed by atoms with Gasteiger partial charge in [0, 0.05) is 19.6 Å². The van der Waals surface area contributed by atoms with Gasteiger partial charge in [-0.1, -0.05) is 12.8 Å². The molecule has 0 radical (unpaired) electrons. The minimum Gasteiger partial charge on any atom is -0.381 e. The number of hydrogen-bond donors (Lipinski definition) is 1. The molecule has 1 rings (SSSR count). The summed E-state index contributed by atoms with van der Waals surface area (Å²) < 4.78 is 5.52. The first kappa shape index (κ1) is 11.5. The number of nitrogens with zero attached hydrogens (tertiary/aromatic N) is 1. The molecule has 1 aliphatic carbocycles. The predicted octanol–water partition coefficient (Wildman–Crippen LogP) is 1.82. The highest BCUT2D eigenvalue weighted by Crippen LogP contribution is 2.24. The van der Waals surface area contributed by atoms with Gasteiger partial charge in [-0.2, -0.15) is 5.26 Å². The molecule has 0 aromatic heterocycles. The van der Waals surface area contributed by atoms with Gasteiger partial charge in [-0.05, 0) is 25.7 Å². The van der Waals surface area contributed by atoms with Crippen LogP contribution in [0.1, 0.15) is 39.0 Å². The molecule has 3 nitrogen and oxygen atoms in total. The molecular weight excluding hydrogens is 176 g/mol. The van der Waals surface area contributed by atoms with Gasteiger partial charge in [0.15, 0.2) is 0 Å². The lowest BCUT2D eigenvalue weighted by molar-refractivity contribution is 0.0924. The fourth-order valence-corrected chi connectivity index (χ4v) is 1.77. The SMILES string of the molecule is CC(N)(C#N)CCOCC1CCCC1. The minimum absolute atomic E-state index is 0.608. The van der Waals surface area contributed by atoms with Crippen molar-refractivity contribution >= 4 is 0 Å². The molecule has 3 heteroatoms. The van der Waals surface area contributed by atoms with Crippen LogP contribution in [0, 0.1) is 17.2 Å². The molecule has 0 spiro atoms. The Morgan fingerprint density at radius 3 is 2.71 bits per heavy atom. The van der Waals surface area contributed by atoms with Gasteiger partial charge in [-0.15, -0.1) is 0 Å². The van der Waals surface area contributed by atoms with Crippen molar-refractivity contribution in [1.29, 1.82) is 5.26 Å². The van der Waals surface area contributed by atoms with Gasteiger partial charge in [0.2, 0.25) is 0 Å². The summed E-state index contributed by atoms with van der Waals surface area (Å²) in [4.78, 5) is 0. The summed E-state index contributed by atoms with van der Waals surface area (Å²) in [5.41, 5.74) is 4.94. The number of rotatable bonds is 5. The maximum Gasteiger partial charge on any atom is 0.103 e. The number of nitrogens with two attached hydrogens (primary N) is 1. The molecule has 0 amide bonds. The molecule has 0 bridgehead atoms. The summed E-state index contributed by atoms with van der Waals surface area (Å²) >= 11 is 0. The van der Waals surface area contributed by atoms with Crippen LogP contribution >= 0.6 is 0 Å². The standard InChI is InChI=1S/C11H20N2O/c1-11(13,9-12)6-7-14-8-10-4-2-3-5-10/h10H,2-8,13H2,1H3. The average Bonchev–Trinajstić information content (AvgIpc) is 2.65. The van der Waals surface area contributed by atoms with Crippen molar-refractivity contribution in [1.82, 2.24) is 0 Å². The maximum absolute atomic E-state index is 8.67. The summed E-state index contributed by atoms with van der Waals surface area (Å²) in [7, 11) is 0. The average molecular weight is 196 g/mol. The smallest absolute Gasteiger partial charge is 0.103 e.